The normalized spacial score (nSPS) is 16.0. The van der Waals surface area contributed by atoms with E-state index in [1.54, 1.807) is 36.0 Å². The van der Waals surface area contributed by atoms with E-state index in [2.05, 4.69) is 0 Å². The molecule has 18 heavy (non-hydrogen) atoms. The molecule has 1 aromatic rings. The molecule has 1 aliphatic heterocycles. The van der Waals surface area contributed by atoms with Crippen LogP contribution >= 0.6 is 11.8 Å². The van der Waals surface area contributed by atoms with Gasteiger partial charge in [0.2, 0.25) is 0 Å². The maximum absolute atomic E-state index is 12.0. The van der Waals surface area contributed by atoms with Crippen molar-refractivity contribution in [2.45, 2.75) is 12.2 Å². The van der Waals surface area contributed by atoms with Gasteiger partial charge in [-0.15, -0.1) is 0 Å². The molecule has 1 heterocycles. The minimum atomic E-state index is -0.215. The van der Waals surface area contributed by atoms with Crippen LogP contribution in [0.1, 0.15) is 27.6 Å². The smallest absolute Gasteiger partial charge is 0.261 e. The highest BCUT2D eigenvalue weighted by Gasteiger charge is 2.34. The van der Waals surface area contributed by atoms with Crippen molar-refractivity contribution in [1.29, 1.82) is 0 Å². The highest BCUT2D eigenvalue weighted by molar-refractivity contribution is 7.99. The molecule has 0 aromatic heterocycles. The molecule has 0 spiro atoms. The second-order valence-corrected chi connectivity index (χ2v) is 5.72. The number of imide groups is 1. The first-order valence-corrected chi connectivity index (χ1v) is 6.87. The third-order valence-electron chi connectivity index (χ3n) is 2.85. The summed E-state index contributed by atoms with van der Waals surface area (Å²) in [5.41, 5.74) is 0.977. The first-order chi connectivity index (χ1) is 8.65. The lowest BCUT2D eigenvalue weighted by atomic mass is 10.1. The highest BCUT2D eigenvalue weighted by atomic mass is 32.2. The Balaban J connectivity index is 2.01. The number of carbonyl (C=O) groups is 2. The van der Waals surface area contributed by atoms with E-state index in [0.29, 0.717) is 23.4 Å². The summed E-state index contributed by atoms with van der Waals surface area (Å²) in [6, 6.07) is 6.88. The maximum Gasteiger partial charge on any atom is 0.261 e. The molecule has 0 fully saturated rings. The largest absolute Gasteiger partial charge is 0.395 e. The van der Waals surface area contributed by atoms with Gasteiger partial charge in [-0.25, -0.2) is 0 Å². The number of amides is 2. The molecule has 5 heteroatoms. The van der Waals surface area contributed by atoms with Crippen LogP contribution in [0.25, 0.3) is 0 Å². The molecule has 1 aromatic carbocycles. The number of thioether (sulfide) groups is 1. The van der Waals surface area contributed by atoms with Gasteiger partial charge in [0.05, 0.1) is 17.7 Å². The fourth-order valence-electron chi connectivity index (χ4n) is 1.84. The molecule has 2 amide bonds. The van der Waals surface area contributed by atoms with Crippen LogP contribution < -0.4 is 0 Å². The van der Waals surface area contributed by atoms with Gasteiger partial charge in [-0.05, 0) is 12.1 Å². The molecule has 1 atom stereocenters. The fourth-order valence-corrected chi connectivity index (χ4v) is 2.64. The average molecular weight is 265 g/mol. The molecule has 0 bridgehead atoms. The van der Waals surface area contributed by atoms with Gasteiger partial charge < -0.3 is 5.11 Å². The van der Waals surface area contributed by atoms with Crippen LogP contribution in [0, 0.1) is 0 Å². The summed E-state index contributed by atoms with van der Waals surface area (Å²) in [6.45, 7) is 2.40. The van der Waals surface area contributed by atoms with Crippen LogP contribution in [0.4, 0.5) is 0 Å². The predicted molar refractivity (Wildman–Crippen MR) is 70.8 cm³/mol. The summed E-state index contributed by atoms with van der Waals surface area (Å²) in [4.78, 5) is 25.3. The molecule has 1 N–H and O–H groups in total. The lowest BCUT2D eigenvalue weighted by Crippen LogP contribution is -2.32. The number of carbonyl (C=O) groups excluding carboxylic acids is 2. The van der Waals surface area contributed by atoms with Crippen LogP contribution in [-0.4, -0.2) is 46.0 Å². The number of hydrogen-bond donors (Lipinski definition) is 1. The van der Waals surface area contributed by atoms with Crippen LogP contribution in [-0.2, 0) is 0 Å². The Hall–Kier alpha value is -1.33. The van der Waals surface area contributed by atoms with E-state index in [0.717, 1.165) is 0 Å². The molecule has 1 aliphatic rings. The Kier molecular flexibility index (Phi) is 4.04. The van der Waals surface area contributed by atoms with Gasteiger partial charge in [-0.3, -0.25) is 14.5 Å². The molecule has 0 saturated heterocycles. The van der Waals surface area contributed by atoms with E-state index in [9.17, 15) is 9.59 Å². The molecule has 0 saturated carbocycles. The Morgan fingerprint density at radius 2 is 1.78 bits per heavy atom. The van der Waals surface area contributed by atoms with Crippen LogP contribution in [0.2, 0.25) is 0 Å². The number of rotatable bonds is 5. The van der Waals surface area contributed by atoms with Gasteiger partial charge in [0.25, 0.3) is 11.8 Å². The van der Waals surface area contributed by atoms with E-state index in [1.165, 1.54) is 4.90 Å². The number of aliphatic hydroxyl groups is 1. The molecule has 2 rings (SSSR count). The fraction of sp³-hybridized carbons (Fsp3) is 0.385. The quantitative estimate of drug-likeness (QED) is 0.818. The van der Waals surface area contributed by atoms with Gasteiger partial charge in [0.1, 0.15) is 0 Å². The summed E-state index contributed by atoms with van der Waals surface area (Å²) < 4.78 is 0. The number of hydrogen-bond acceptors (Lipinski definition) is 4. The van der Waals surface area contributed by atoms with E-state index in [1.807, 2.05) is 6.92 Å². The summed E-state index contributed by atoms with van der Waals surface area (Å²) in [7, 11) is 0. The Bertz CT molecular complexity index is 440. The number of fused-ring (bicyclic) bond motifs is 1. The zero-order valence-electron chi connectivity index (χ0n) is 10.1. The second-order valence-electron chi connectivity index (χ2n) is 4.17. The first kappa shape index (κ1) is 13.1. The Morgan fingerprint density at radius 3 is 2.28 bits per heavy atom. The SMILES string of the molecule is CC(CO)SCCN1C(=O)c2ccccc2C1=O. The van der Waals surface area contributed by atoms with E-state index < -0.39 is 0 Å². The van der Waals surface area contributed by atoms with Crippen molar-refractivity contribution in [2.24, 2.45) is 0 Å². The van der Waals surface area contributed by atoms with Crippen LogP contribution in [0.5, 0.6) is 0 Å². The predicted octanol–water partition coefficient (Wildman–Crippen LogP) is 1.40. The van der Waals surface area contributed by atoms with Gasteiger partial charge in [0, 0.05) is 17.5 Å². The van der Waals surface area contributed by atoms with Crippen molar-refractivity contribution in [2.75, 3.05) is 18.9 Å². The van der Waals surface area contributed by atoms with Crippen LogP contribution in [0.15, 0.2) is 24.3 Å². The van der Waals surface area contributed by atoms with Crippen molar-refractivity contribution in [3.63, 3.8) is 0 Å². The molecule has 1 unspecified atom stereocenters. The van der Waals surface area contributed by atoms with E-state index >= 15 is 0 Å². The minimum Gasteiger partial charge on any atom is -0.395 e. The number of benzene rings is 1. The van der Waals surface area contributed by atoms with Crippen molar-refractivity contribution in [1.82, 2.24) is 4.90 Å². The molecule has 0 radical (unpaired) electrons. The van der Waals surface area contributed by atoms with Crippen molar-refractivity contribution in [3.8, 4) is 0 Å². The molecular formula is C13H15NO3S. The summed E-state index contributed by atoms with van der Waals surface area (Å²) in [5, 5.41) is 9.03. The van der Waals surface area contributed by atoms with Crippen molar-refractivity contribution < 1.29 is 14.7 Å². The van der Waals surface area contributed by atoms with Gasteiger partial charge in [-0.1, -0.05) is 19.1 Å². The highest BCUT2D eigenvalue weighted by Crippen LogP contribution is 2.23. The topological polar surface area (TPSA) is 57.6 Å². The van der Waals surface area contributed by atoms with Crippen LogP contribution in [0.3, 0.4) is 0 Å². The average Bonchev–Trinajstić information content (AvgIpc) is 2.64. The van der Waals surface area contributed by atoms with Crippen molar-refractivity contribution in [3.05, 3.63) is 35.4 Å². The third kappa shape index (κ3) is 2.42. The molecule has 0 aliphatic carbocycles. The minimum absolute atomic E-state index is 0.104. The summed E-state index contributed by atoms with van der Waals surface area (Å²) in [5.74, 6) is 0.216. The zero-order valence-corrected chi connectivity index (χ0v) is 10.9. The molecular weight excluding hydrogens is 250 g/mol. The monoisotopic (exact) mass is 265 g/mol. The van der Waals surface area contributed by atoms with Gasteiger partial charge >= 0.3 is 0 Å². The Morgan fingerprint density at radius 1 is 1.22 bits per heavy atom. The van der Waals surface area contributed by atoms with Gasteiger partial charge in [0.15, 0.2) is 0 Å². The first-order valence-electron chi connectivity index (χ1n) is 5.83. The van der Waals surface area contributed by atoms with E-state index in [4.69, 9.17) is 5.11 Å². The number of aliphatic hydroxyl groups excluding tert-OH is 1. The maximum atomic E-state index is 12.0. The Labute approximate surface area is 110 Å². The molecule has 96 valence electrons. The zero-order chi connectivity index (χ0) is 13.1. The van der Waals surface area contributed by atoms with E-state index in [-0.39, 0.29) is 23.7 Å². The third-order valence-corrected chi connectivity index (χ3v) is 3.99. The summed E-state index contributed by atoms with van der Waals surface area (Å²) >= 11 is 1.55. The lowest BCUT2D eigenvalue weighted by molar-refractivity contribution is 0.0664. The van der Waals surface area contributed by atoms with Crippen molar-refractivity contribution >= 4 is 23.6 Å². The lowest BCUT2D eigenvalue weighted by Gasteiger charge is -2.14. The van der Waals surface area contributed by atoms with Gasteiger partial charge in [-0.2, -0.15) is 11.8 Å². The summed E-state index contributed by atoms with van der Waals surface area (Å²) in [6.07, 6.45) is 0. The second kappa shape index (κ2) is 5.54. The number of nitrogens with zero attached hydrogens (tertiary/aromatic N) is 1. The molecule has 4 nitrogen and oxygen atoms in total. The standard InChI is InChI=1S/C13H15NO3S/c1-9(8-15)18-7-6-14-12(16)10-4-2-3-5-11(10)13(14)17/h2-5,9,15H,6-8H2,1H3.